The summed E-state index contributed by atoms with van der Waals surface area (Å²) in [5.41, 5.74) is 7.98. The van der Waals surface area contributed by atoms with Crippen LogP contribution < -0.4 is 11.1 Å². The van der Waals surface area contributed by atoms with Crippen LogP contribution in [0.25, 0.3) is 0 Å². The third-order valence-corrected chi connectivity index (χ3v) is 3.59. The predicted octanol–water partition coefficient (Wildman–Crippen LogP) is 3.30. The number of hydrogen-bond acceptors (Lipinski definition) is 3. The van der Waals surface area contributed by atoms with Crippen molar-refractivity contribution in [1.29, 1.82) is 0 Å². The summed E-state index contributed by atoms with van der Waals surface area (Å²) >= 11 is 3.40. The lowest BCUT2D eigenvalue weighted by Gasteiger charge is -2.09. The van der Waals surface area contributed by atoms with Gasteiger partial charge in [0.05, 0.1) is 5.56 Å². The number of anilines is 2. The van der Waals surface area contributed by atoms with Gasteiger partial charge >= 0.3 is 0 Å². The lowest BCUT2D eigenvalue weighted by atomic mass is 10.1. The maximum Gasteiger partial charge on any atom is 0.257 e. The molecule has 0 atom stereocenters. The van der Waals surface area contributed by atoms with E-state index in [-0.39, 0.29) is 17.2 Å². The van der Waals surface area contributed by atoms with E-state index in [2.05, 4.69) is 21.2 Å². The van der Waals surface area contributed by atoms with Crippen molar-refractivity contribution in [2.45, 2.75) is 6.92 Å². The van der Waals surface area contributed by atoms with Gasteiger partial charge in [-0.15, -0.1) is 0 Å². The van der Waals surface area contributed by atoms with Crippen molar-refractivity contribution in [1.82, 2.24) is 0 Å². The first-order valence-electron chi connectivity index (χ1n) is 5.63. The van der Waals surface area contributed by atoms with Gasteiger partial charge in [0.1, 0.15) is 5.75 Å². The lowest BCUT2D eigenvalue weighted by Crippen LogP contribution is -2.14. The Morgan fingerprint density at radius 1 is 1.26 bits per heavy atom. The number of phenolic OH excluding ortho intramolecular Hbond substituents is 1. The molecule has 4 N–H and O–H groups in total. The Morgan fingerprint density at radius 3 is 2.68 bits per heavy atom. The van der Waals surface area contributed by atoms with Crippen LogP contribution in [0.3, 0.4) is 0 Å². The molecule has 0 unspecified atom stereocenters. The van der Waals surface area contributed by atoms with Gasteiger partial charge in [0.2, 0.25) is 0 Å². The number of aryl methyl sites for hydroxylation is 1. The zero-order chi connectivity index (χ0) is 14.0. The van der Waals surface area contributed by atoms with Gasteiger partial charge < -0.3 is 16.2 Å². The van der Waals surface area contributed by atoms with Crippen molar-refractivity contribution >= 4 is 33.2 Å². The monoisotopic (exact) mass is 320 g/mol. The maximum absolute atomic E-state index is 12.1. The van der Waals surface area contributed by atoms with Crippen LogP contribution in [-0.4, -0.2) is 11.0 Å². The van der Waals surface area contributed by atoms with Crippen molar-refractivity contribution in [3.8, 4) is 5.75 Å². The predicted molar refractivity (Wildman–Crippen MR) is 79.4 cm³/mol. The molecule has 1 amide bonds. The van der Waals surface area contributed by atoms with Gasteiger partial charge in [0.25, 0.3) is 5.91 Å². The average Bonchev–Trinajstić information content (AvgIpc) is 2.36. The molecular weight excluding hydrogens is 308 g/mol. The van der Waals surface area contributed by atoms with Crippen LogP contribution in [0, 0.1) is 6.92 Å². The second-order valence-corrected chi connectivity index (χ2v) is 5.04. The maximum atomic E-state index is 12.1. The van der Waals surface area contributed by atoms with Crippen LogP contribution in [0.5, 0.6) is 5.75 Å². The van der Waals surface area contributed by atoms with E-state index < -0.39 is 0 Å². The van der Waals surface area contributed by atoms with Gasteiger partial charge in [0.15, 0.2) is 0 Å². The van der Waals surface area contributed by atoms with Crippen molar-refractivity contribution in [2.75, 3.05) is 11.1 Å². The number of nitrogens with two attached hydrogens (primary N) is 1. The van der Waals surface area contributed by atoms with Gasteiger partial charge in [-0.25, -0.2) is 0 Å². The van der Waals surface area contributed by atoms with Crippen LogP contribution in [0.15, 0.2) is 40.9 Å². The number of nitrogen functional groups attached to an aromatic ring is 1. The topological polar surface area (TPSA) is 75.3 Å². The number of amides is 1. The van der Waals surface area contributed by atoms with Crippen LogP contribution >= 0.6 is 15.9 Å². The van der Waals surface area contributed by atoms with Crippen LogP contribution in [-0.2, 0) is 0 Å². The highest BCUT2D eigenvalue weighted by Crippen LogP contribution is 2.22. The number of phenols is 1. The third kappa shape index (κ3) is 3.06. The fraction of sp³-hybridized carbons (Fsp3) is 0.0714. The normalized spacial score (nSPS) is 10.2. The molecule has 2 aromatic carbocycles. The summed E-state index contributed by atoms with van der Waals surface area (Å²) in [6.45, 7) is 1.93. The largest absolute Gasteiger partial charge is 0.508 e. The molecule has 98 valence electrons. The second kappa shape index (κ2) is 5.32. The summed E-state index contributed by atoms with van der Waals surface area (Å²) < 4.78 is 0.974. The van der Waals surface area contributed by atoms with E-state index >= 15 is 0 Å². The summed E-state index contributed by atoms with van der Waals surface area (Å²) in [6.07, 6.45) is 0. The highest BCUT2D eigenvalue weighted by atomic mass is 79.9. The highest BCUT2D eigenvalue weighted by molar-refractivity contribution is 9.10. The first-order valence-corrected chi connectivity index (χ1v) is 6.42. The van der Waals surface area contributed by atoms with Crippen LogP contribution in [0.4, 0.5) is 11.4 Å². The summed E-state index contributed by atoms with van der Waals surface area (Å²) in [6, 6.07) is 9.77. The molecular formula is C14H13BrN2O2. The Hall–Kier alpha value is -2.01. The van der Waals surface area contributed by atoms with Crippen molar-refractivity contribution < 1.29 is 9.90 Å². The Kier molecular flexibility index (Phi) is 3.76. The van der Waals surface area contributed by atoms with Gasteiger partial charge in [0, 0.05) is 15.8 Å². The molecule has 2 rings (SSSR count). The van der Waals surface area contributed by atoms with Gasteiger partial charge in [-0.1, -0.05) is 15.9 Å². The number of carbonyl (C=O) groups is 1. The minimum Gasteiger partial charge on any atom is -0.508 e. The molecule has 0 saturated carbocycles. The van der Waals surface area contributed by atoms with Crippen molar-refractivity contribution in [3.63, 3.8) is 0 Å². The first-order chi connectivity index (χ1) is 8.97. The molecule has 0 aliphatic carbocycles. The Morgan fingerprint density at radius 2 is 2.00 bits per heavy atom. The molecule has 0 radical (unpaired) electrons. The van der Waals surface area contributed by atoms with E-state index in [9.17, 15) is 9.90 Å². The summed E-state index contributed by atoms with van der Waals surface area (Å²) in [4.78, 5) is 12.1. The van der Waals surface area contributed by atoms with E-state index in [0.717, 1.165) is 10.0 Å². The summed E-state index contributed by atoms with van der Waals surface area (Å²) in [5, 5.41) is 12.1. The fourth-order valence-corrected chi connectivity index (χ4v) is 1.91. The molecule has 0 aliphatic rings. The Balaban J connectivity index is 2.25. The zero-order valence-corrected chi connectivity index (χ0v) is 11.9. The second-order valence-electron chi connectivity index (χ2n) is 4.19. The number of benzene rings is 2. The molecule has 0 aromatic heterocycles. The zero-order valence-electron chi connectivity index (χ0n) is 10.3. The quantitative estimate of drug-likeness (QED) is 0.587. The van der Waals surface area contributed by atoms with Gasteiger partial charge in [-0.05, 0) is 48.9 Å². The van der Waals surface area contributed by atoms with E-state index in [1.165, 1.54) is 18.2 Å². The molecule has 0 heterocycles. The molecule has 2 aromatic rings. The minimum absolute atomic E-state index is 0.00587. The first kappa shape index (κ1) is 13.4. The van der Waals surface area contributed by atoms with E-state index in [1.54, 1.807) is 6.07 Å². The molecule has 0 saturated heterocycles. The molecule has 4 nitrogen and oxygen atoms in total. The summed E-state index contributed by atoms with van der Waals surface area (Å²) in [5.74, 6) is -0.346. The Bertz CT molecular complexity index is 641. The number of hydrogen-bond donors (Lipinski definition) is 3. The van der Waals surface area contributed by atoms with Gasteiger partial charge in [-0.3, -0.25) is 4.79 Å². The van der Waals surface area contributed by atoms with Crippen molar-refractivity contribution in [2.24, 2.45) is 0 Å². The molecule has 0 bridgehead atoms. The highest BCUT2D eigenvalue weighted by Gasteiger charge is 2.11. The van der Waals surface area contributed by atoms with Gasteiger partial charge in [-0.2, -0.15) is 0 Å². The molecule has 0 aliphatic heterocycles. The molecule has 0 fully saturated rings. The third-order valence-electron chi connectivity index (χ3n) is 2.70. The Labute approximate surface area is 119 Å². The van der Waals surface area contributed by atoms with Crippen LogP contribution in [0.2, 0.25) is 0 Å². The number of halogens is 1. The standard InChI is InChI=1S/C14H13BrN2O2/c1-8-6-9(2-4-12(8)15)17-14(19)11-7-10(18)3-5-13(11)16/h2-7,18H,16H2,1H3,(H,17,19). The van der Waals surface area contributed by atoms with Crippen LogP contribution in [0.1, 0.15) is 15.9 Å². The number of aromatic hydroxyl groups is 1. The van der Waals surface area contributed by atoms with E-state index in [4.69, 9.17) is 5.73 Å². The molecule has 5 heteroatoms. The van der Waals surface area contributed by atoms with E-state index in [1.807, 2.05) is 19.1 Å². The number of carbonyl (C=O) groups excluding carboxylic acids is 1. The molecule has 19 heavy (non-hydrogen) atoms. The number of rotatable bonds is 2. The average molecular weight is 321 g/mol. The fourth-order valence-electron chi connectivity index (χ4n) is 1.66. The SMILES string of the molecule is Cc1cc(NC(=O)c2cc(O)ccc2N)ccc1Br. The smallest absolute Gasteiger partial charge is 0.257 e. The summed E-state index contributed by atoms with van der Waals surface area (Å²) in [7, 11) is 0. The number of nitrogens with one attached hydrogen (secondary N) is 1. The van der Waals surface area contributed by atoms with E-state index in [0.29, 0.717) is 11.4 Å². The lowest BCUT2D eigenvalue weighted by molar-refractivity contribution is 0.102. The minimum atomic E-state index is -0.352. The molecule has 0 spiro atoms. The van der Waals surface area contributed by atoms with Crippen molar-refractivity contribution in [3.05, 3.63) is 52.0 Å².